The molecule has 0 aromatic heterocycles. The summed E-state index contributed by atoms with van der Waals surface area (Å²) in [5.41, 5.74) is 1.46. The number of benzene rings is 1. The monoisotopic (exact) mass is 320 g/mol. The van der Waals surface area contributed by atoms with Gasteiger partial charge in [-0.3, -0.25) is 5.32 Å². The molecule has 1 N–H and O–H groups in total. The highest BCUT2D eigenvalue weighted by Crippen LogP contribution is 2.14. The molecule has 5 nitrogen and oxygen atoms in total. The minimum absolute atomic E-state index is 0.444. The molecule has 0 unspecified atom stereocenters. The van der Waals surface area contributed by atoms with Gasteiger partial charge in [-0.25, -0.2) is 9.59 Å². The molecular formula is C18H26NO4. The zero-order valence-electron chi connectivity index (χ0n) is 14.2. The van der Waals surface area contributed by atoms with Gasteiger partial charge in [0.2, 0.25) is 0 Å². The maximum Gasteiger partial charge on any atom is 0.417 e. The number of rotatable bonds is 9. The van der Waals surface area contributed by atoms with Crippen molar-refractivity contribution in [3.63, 3.8) is 0 Å². The summed E-state index contributed by atoms with van der Waals surface area (Å²) in [7, 11) is 0. The van der Waals surface area contributed by atoms with Crippen LogP contribution in [0, 0.1) is 0 Å². The van der Waals surface area contributed by atoms with Gasteiger partial charge < -0.3 is 9.47 Å². The van der Waals surface area contributed by atoms with Gasteiger partial charge in [0.15, 0.2) is 0 Å². The molecule has 0 aliphatic rings. The minimum atomic E-state index is -0.501. The quantitative estimate of drug-likeness (QED) is 0.692. The van der Waals surface area contributed by atoms with Crippen molar-refractivity contribution >= 4 is 18.3 Å². The Morgan fingerprint density at radius 3 is 2.35 bits per heavy atom. The van der Waals surface area contributed by atoms with Crippen LogP contribution >= 0.6 is 0 Å². The molecule has 0 aliphatic heterocycles. The highest BCUT2D eigenvalue weighted by molar-refractivity contribution is 5.84. The molecule has 1 radical (unpaired) electrons. The molecule has 0 atom stereocenters. The number of hydrogen-bond donors (Lipinski definition) is 1. The summed E-state index contributed by atoms with van der Waals surface area (Å²) in [4.78, 5) is 21.5. The van der Waals surface area contributed by atoms with E-state index in [4.69, 9.17) is 4.74 Å². The molecule has 5 heteroatoms. The number of unbranched alkanes of at least 4 members (excludes halogenated alkanes) is 3. The van der Waals surface area contributed by atoms with Crippen LogP contribution in [0.4, 0.5) is 10.5 Å². The topological polar surface area (TPSA) is 64.6 Å². The van der Waals surface area contributed by atoms with Gasteiger partial charge in [0.05, 0.1) is 6.61 Å². The number of amides is 1. The van der Waals surface area contributed by atoms with Crippen LogP contribution in [0.5, 0.6) is 0 Å². The SMILES string of the molecule is CC(C)(C)OC(=O)Nc1ccc(CCCCCCO[C]=O)cc1. The van der Waals surface area contributed by atoms with Crippen LogP contribution in [0.2, 0.25) is 0 Å². The number of ether oxygens (including phenoxy) is 2. The average Bonchev–Trinajstić information content (AvgIpc) is 2.46. The summed E-state index contributed by atoms with van der Waals surface area (Å²) in [6, 6.07) is 7.79. The molecule has 1 rings (SSSR count). The molecule has 0 saturated heterocycles. The lowest BCUT2D eigenvalue weighted by Crippen LogP contribution is -2.27. The van der Waals surface area contributed by atoms with Crippen molar-refractivity contribution < 1.29 is 19.1 Å². The Labute approximate surface area is 138 Å². The third kappa shape index (κ3) is 9.55. The summed E-state index contributed by atoms with van der Waals surface area (Å²) in [5, 5.41) is 2.72. The first-order valence-corrected chi connectivity index (χ1v) is 7.98. The molecule has 0 saturated carbocycles. The Hall–Kier alpha value is -2.04. The van der Waals surface area contributed by atoms with E-state index in [1.807, 2.05) is 45.0 Å². The predicted molar refractivity (Wildman–Crippen MR) is 90.1 cm³/mol. The van der Waals surface area contributed by atoms with E-state index in [9.17, 15) is 9.59 Å². The summed E-state index contributed by atoms with van der Waals surface area (Å²) >= 11 is 0. The van der Waals surface area contributed by atoms with Crippen molar-refractivity contribution in [1.29, 1.82) is 0 Å². The first kappa shape index (κ1) is 19.0. The highest BCUT2D eigenvalue weighted by atomic mass is 16.6. The second-order valence-corrected chi connectivity index (χ2v) is 6.42. The number of aryl methyl sites for hydroxylation is 1. The van der Waals surface area contributed by atoms with Crippen LogP contribution in [0.3, 0.4) is 0 Å². The fraction of sp³-hybridized carbons (Fsp3) is 0.556. The lowest BCUT2D eigenvalue weighted by atomic mass is 10.1. The molecule has 1 amide bonds. The van der Waals surface area contributed by atoms with Crippen molar-refractivity contribution in [3.05, 3.63) is 29.8 Å². The molecule has 1 aromatic rings. The number of hydrogen-bond acceptors (Lipinski definition) is 4. The van der Waals surface area contributed by atoms with E-state index in [1.165, 1.54) is 12.0 Å². The van der Waals surface area contributed by atoms with E-state index < -0.39 is 11.7 Å². The minimum Gasteiger partial charge on any atom is -0.457 e. The number of nitrogens with one attached hydrogen (secondary N) is 1. The smallest absolute Gasteiger partial charge is 0.417 e. The van der Waals surface area contributed by atoms with Crippen LogP contribution < -0.4 is 5.32 Å². The third-order valence-corrected chi connectivity index (χ3v) is 3.12. The van der Waals surface area contributed by atoms with Crippen molar-refractivity contribution in [2.45, 2.75) is 58.5 Å². The molecule has 0 spiro atoms. The van der Waals surface area contributed by atoms with Crippen molar-refractivity contribution in [2.75, 3.05) is 11.9 Å². The van der Waals surface area contributed by atoms with Gasteiger partial charge in [0.1, 0.15) is 5.60 Å². The molecule has 0 heterocycles. The lowest BCUT2D eigenvalue weighted by molar-refractivity contribution is 0.0636. The van der Waals surface area contributed by atoms with Crippen LogP contribution in [0.25, 0.3) is 0 Å². The third-order valence-electron chi connectivity index (χ3n) is 3.12. The highest BCUT2D eigenvalue weighted by Gasteiger charge is 2.15. The second kappa shape index (κ2) is 9.87. The number of carbonyl (C=O) groups is 1. The standard InChI is InChI=1S/C18H26NO4/c1-18(2,3)23-17(21)19-16-11-9-15(10-12-16)8-6-4-5-7-13-22-14-20/h9-12H,4-8,13H2,1-3H3,(H,19,21). The van der Waals surface area contributed by atoms with E-state index in [1.54, 1.807) is 0 Å². The average molecular weight is 320 g/mol. The molecule has 23 heavy (non-hydrogen) atoms. The van der Waals surface area contributed by atoms with Crippen LogP contribution in [-0.4, -0.2) is 24.8 Å². The Morgan fingerprint density at radius 2 is 1.74 bits per heavy atom. The van der Waals surface area contributed by atoms with E-state index >= 15 is 0 Å². The zero-order valence-corrected chi connectivity index (χ0v) is 14.2. The Bertz CT molecular complexity index is 477. The van der Waals surface area contributed by atoms with Crippen LogP contribution in [0.1, 0.15) is 52.0 Å². The molecule has 0 bridgehead atoms. The van der Waals surface area contributed by atoms with E-state index in [-0.39, 0.29) is 0 Å². The summed E-state index contributed by atoms with van der Waals surface area (Å²) < 4.78 is 9.73. The molecular weight excluding hydrogens is 294 g/mol. The summed E-state index contributed by atoms with van der Waals surface area (Å²) in [6.07, 6.45) is 4.66. The normalized spacial score (nSPS) is 10.9. The molecule has 127 valence electrons. The van der Waals surface area contributed by atoms with E-state index in [2.05, 4.69) is 10.1 Å². The van der Waals surface area contributed by atoms with Crippen LogP contribution in [0.15, 0.2) is 24.3 Å². The number of anilines is 1. The zero-order chi connectivity index (χ0) is 17.1. The van der Waals surface area contributed by atoms with Gasteiger partial charge in [-0.2, -0.15) is 0 Å². The van der Waals surface area contributed by atoms with Crippen molar-refractivity contribution in [3.8, 4) is 0 Å². The summed E-state index contributed by atoms with van der Waals surface area (Å²) in [6.45, 7) is 7.38. The summed E-state index contributed by atoms with van der Waals surface area (Å²) in [5.74, 6) is 0. The molecule has 0 fully saturated rings. The van der Waals surface area contributed by atoms with Crippen molar-refractivity contribution in [2.24, 2.45) is 0 Å². The molecule has 0 aliphatic carbocycles. The second-order valence-electron chi connectivity index (χ2n) is 6.42. The maximum atomic E-state index is 11.7. The first-order chi connectivity index (χ1) is 10.9. The number of carbonyl (C=O) groups excluding carboxylic acids is 2. The van der Waals surface area contributed by atoms with E-state index in [0.717, 1.165) is 37.8 Å². The maximum absolute atomic E-state index is 11.7. The Kier molecular flexibility index (Phi) is 8.16. The Balaban J connectivity index is 2.25. The Morgan fingerprint density at radius 1 is 1.09 bits per heavy atom. The van der Waals surface area contributed by atoms with Gasteiger partial charge in [-0.1, -0.05) is 25.0 Å². The van der Waals surface area contributed by atoms with Gasteiger partial charge >= 0.3 is 12.6 Å². The van der Waals surface area contributed by atoms with Crippen molar-refractivity contribution in [1.82, 2.24) is 0 Å². The van der Waals surface area contributed by atoms with Gasteiger partial charge in [-0.15, -0.1) is 0 Å². The van der Waals surface area contributed by atoms with Gasteiger partial charge in [-0.05, 0) is 57.7 Å². The fourth-order valence-corrected chi connectivity index (χ4v) is 2.07. The van der Waals surface area contributed by atoms with Crippen LogP contribution in [-0.2, 0) is 20.7 Å². The van der Waals surface area contributed by atoms with E-state index in [0.29, 0.717) is 6.61 Å². The molecule has 1 aromatic carbocycles. The van der Waals surface area contributed by atoms with Gasteiger partial charge in [0.25, 0.3) is 0 Å². The fourth-order valence-electron chi connectivity index (χ4n) is 2.07. The van der Waals surface area contributed by atoms with Gasteiger partial charge in [0, 0.05) is 5.69 Å². The predicted octanol–water partition coefficient (Wildman–Crippen LogP) is 4.22. The largest absolute Gasteiger partial charge is 0.457 e. The first-order valence-electron chi connectivity index (χ1n) is 7.98. The lowest BCUT2D eigenvalue weighted by Gasteiger charge is -2.19.